The van der Waals surface area contributed by atoms with Gasteiger partial charge in [-0.2, -0.15) is 8.78 Å². The monoisotopic (exact) mass is 452 g/mol. The van der Waals surface area contributed by atoms with Crippen molar-refractivity contribution in [3.63, 3.8) is 0 Å². The van der Waals surface area contributed by atoms with Crippen molar-refractivity contribution < 1.29 is 32.6 Å². The lowest BCUT2D eigenvalue weighted by Gasteiger charge is -2.35. The molecule has 31 heavy (non-hydrogen) atoms. The van der Waals surface area contributed by atoms with Crippen molar-refractivity contribution in [1.29, 1.82) is 0 Å². The quantitative estimate of drug-likeness (QED) is 0.610. The number of rotatable bonds is 8. The Morgan fingerprint density at radius 2 is 2.03 bits per heavy atom. The van der Waals surface area contributed by atoms with E-state index in [9.17, 15) is 18.4 Å². The first kappa shape index (κ1) is 22.5. The lowest BCUT2D eigenvalue weighted by Crippen LogP contribution is -2.48. The van der Waals surface area contributed by atoms with Gasteiger partial charge in [0.25, 0.3) is 0 Å². The Labute approximate surface area is 182 Å². The molecule has 0 saturated carbocycles. The van der Waals surface area contributed by atoms with Gasteiger partial charge in [0.1, 0.15) is 0 Å². The number of hydrogen-bond donors (Lipinski definition) is 1. The molecule has 2 amide bonds. The molecule has 1 N–H and O–H groups in total. The van der Waals surface area contributed by atoms with Crippen molar-refractivity contribution >= 4 is 23.3 Å². The van der Waals surface area contributed by atoms with Crippen molar-refractivity contribution in [2.24, 2.45) is 0 Å². The first-order valence-corrected chi connectivity index (χ1v) is 10.3. The minimum atomic E-state index is -3.06. The van der Waals surface area contributed by atoms with Crippen LogP contribution in [0, 0.1) is 0 Å². The summed E-state index contributed by atoms with van der Waals surface area (Å²) in [5.74, 6) is -0.730. The molecule has 0 aliphatic carbocycles. The maximum Gasteiger partial charge on any atom is 0.387 e. The number of ether oxygens (including phenoxy) is 3. The molecule has 2 heterocycles. The lowest BCUT2D eigenvalue weighted by molar-refractivity contribution is -0.136. The smallest absolute Gasteiger partial charge is 0.387 e. The highest BCUT2D eigenvalue weighted by molar-refractivity contribution is 7.09. The molecule has 2 aromatic rings. The summed E-state index contributed by atoms with van der Waals surface area (Å²) >= 11 is 1.58. The third-order valence-electron chi connectivity index (χ3n) is 4.90. The van der Waals surface area contributed by atoms with Crippen LogP contribution in [0.3, 0.4) is 0 Å². The highest BCUT2D eigenvalue weighted by atomic mass is 32.1. The van der Waals surface area contributed by atoms with Crippen LogP contribution in [0.5, 0.6) is 11.5 Å². The summed E-state index contributed by atoms with van der Waals surface area (Å²) < 4.78 is 40.1. The topological polar surface area (TPSA) is 77.1 Å². The summed E-state index contributed by atoms with van der Waals surface area (Å²) in [4.78, 5) is 28.0. The fourth-order valence-corrected chi connectivity index (χ4v) is 4.11. The number of urea groups is 1. The number of methoxy groups -OCH3 is 2. The maximum absolute atomic E-state index is 12.8. The Bertz CT molecular complexity index is 978. The van der Waals surface area contributed by atoms with E-state index < -0.39 is 24.7 Å². The second-order valence-corrected chi connectivity index (χ2v) is 7.68. The molecule has 10 heteroatoms. The first-order chi connectivity index (χ1) is 14.8. The summed E-state index contributed by atoms with van der Waals surface area (Å²) in [5, 5.41) is 4.73. The van der Waals surface area contributed by atoms with Crippen molar-refractivity contribution in [3.8, 4) is 11.5 Å². The molecule has 1 aromatic heterocycles. The molecule has 166 valence electrons. The van der Waals surface area contributed by atoms with E-state index in [0.717, 1.165) is 4.88 Å². The van der Waals surface area contributed by atoms with E-state index >= 15 is 0 Å². The van der Waals surface area contributed by atoms with Crippen molar-refractivity contribution in [3.05, 3.63) is 57.4 Å². The zero-order chi connectivity index (χ0) is 22.5. The van der Waals surface area contributed by atoms with E-state index in [1.54, 1.807) is 24.3 Å². The third-order valence-corrected chi connectivity index (χ3v) is 5.84. The number of carbonyl (C=O) groups is 2. The van der Waals surface area contributed by atoms with Crippen LogP contribution >= 0.6 is 11.3 Å². The number of carbonyl (C=O) groups excluding carboxylic acids is 2. The molecule has 0 fully saturated rings. The molecular formula is C21H22F2N2O5S. The van der Waals surface area contributed by atoms with Gasteiger partial charge in [-0.3, -0.25) is 4.90 Å². The van der Waals surface area contributed by atoms with Gasteiger partial charge >= 0.3 is 18.6 Å². The normalized spacial score (nSPS) is 16.4. The number of benzene rings is 1. The number of amides is 2. The average Bonchev–Trinajstić information content (AvgIpc) is 3.25. The molecule has 0 radical (unpaired) electrons. The number of thiophene rings is 1. The van der Waals surface area contributed by atoms with Crippen LogP contribution in [0.25, 0.3) is 0 Å². The van der Waals surface area contributed by atoms with Gasteiger partial charge in [0, 0.05) is 17.1 Å². The van der Waals surface area contributed by atoms with Crippen LogP contribution < -0.4 is 14.8 Å². The second-order valence-electron chi connectivity index (χ2n) is 6.64. The number of alkyl halides is 2. The van der Waals surface area contributed by atoms with Crippen molar-refractivity contribution in [1.82, 2.24) is 10.2 Å². The van der Waals surface area contributed by atoms with Crippen LogP contribution in [-0.2, 0) is 16.0 Å². The Hall–Kier alpha value is -3.14. The number of esters is 1. The maximum atomic E-state index is 12.8. The minimum Gasteiger partial charge on any atom is -0.493 e. The van der Waals surface area contributed by atoms with Crippen LogP contribution in [-0.4, -0.2) is 44.3 Å². The van der Waals surface area contributed by atoms with E-state index in [2.05, 4.69) is 10.1 Å². The van der Waals surface area contributed by atoms with Crippen LogP contribution in [0.1, 0.15) is 23.4 Å². The molecule has 0 bridgehead atoms. The zero-order valence-electron chi connectivity index (χ0n) is 17.2. The average molecular weight is 452 g/mol. The van der Waals surface area contributed by atoms with E-state index in [4.69, 9.17) is 9.47 Å². The van der Waals surface area contributed by atoms with E-state index in [0.29, 0.717) is 24.2 Å². The molecule has 0 spiro atoms. The molecule has 1 aliphatic rings. The van der Waals surface area contributed by atoms with Gasteiger partial charge in [0.2, 0.25) is 0 Å². The third kappa shape index (κ3) is 4.96. The van der Waals surface area contributed by atoms with Crippen LogP contribution in [0.4, 0.5) is 13.6 Å². The molecule has 1 aromatic carbocycles. The van der Waals surface area contributed by atoms with Gasteiger partial charge in [0.15, 0.2) is 11.5 Å². The van der Waals surface area contributed by atoms with E-state index in [-0.39, 0.29) is 17.1 Å². The van der Waals surface area contributed by atoms with Gasteiger partial charge in [-0.05, 0) is 42.5 Å². The molecular weight excluding hydrogens is 430 g/mol. The molecule has 7 nitrogen and oxygen atoms in total. The second kappa shape index (κ2) is 9.78. The van der Waals surface area contributed by atoms with Crippen molar-refractivity contribution in [2.75, 3.05) is 20.8 Å². The standard InChI is InChI=1S/C21H22F2N2O5S/c1-12-17(19(26)29-3)18(13-6-7-15(28-2)16(11-13)30-20(22)23)24-21(27)25(12)9-8-14-5-4-10-31-14/h4-7,10-11,18,20H,8-9H2,1-3H3,(H,24,27). The van der Waals surface area contributed by atoms with Gasteiger partial charge in [0.05, 0.1) is 25.8 Å². The van der Waals surface area contributed by atoms with Crippen LogP contribution in [0.15, 0.2) is 47.0 Å². The Morgan fingerprint density at radius 3 is 2.65 bits per heavy atom. The summed E-state index contributed by atoms with van der Waals surface area (Å²) in [6, 6.07) is 6.91. The van der Waals surface area contributed by atoms with Crippen molar-refractivity contribution in [2.45, 2.75) is 26.0 Å². The molecule has 1 unspecified atom stereocenters. The summed E-state index contributed by atoms with van der Waals surface area (Å²) in [5.41, 5.74) is 1.02. The SMILES string of the molecule is COC(=O)C1=C(C)N(CCc2cccs2)C(=O)NC1c1ccc(OC)c(OC(F)F)c1. The molecule has 0 saturated heterocycles. The minimum absolute atomic E-state index is 0.101. The summed E-state index contributed by atoms with van der Waals surface area (Å²) in [7, 11) is 2.57. The van der Waals surface area contributed by atoms with Gasteiger partial charge in [-0.25, -0.2) is 9.59 Å². The predicted molar refractivity (Wildman–Crippen MR) is 110 cm³/mol. The Kier molecular flexibility index (Phi) is 7.11. The van der Waals surface area contributed by atoms with Gasteiger partial charge in [-0.15, -0.1) is 11.3 Å². The first-order valence-electron chi connectivity index (χ1n) is 9.38. The number of halogens is 2. The molecule has 1 atom stereocenters. The molecule has 3 rings (SSSR count). The zero-order valence-corrected chi connectivity index (χ0v) is 18.0. The number of nitrogens with one attached hydrogen (secondary N) is 1. The van der Waals surface area contributed by atoms with Gasteiger partial charge < -0.3 is 19.5 Å². The Morgan fingerprint density at radius 1 is 1.26 bits per heavy atom. The Balaban J connectivity index is 1.98. The van der Waals surface area contributed by atoms with E-state index in [1.165, 1.54) is 31.3 Å². The number of nitrogens with zero attached hydrogens (tertiary/aromatic N) is 1. The number of allylic oxidation sites excluding steroid dienone is 1. The highest BCUT2D eigenvalue weighted by Gasteiger charge is 2.36. The summed E-state index contributed by atoms with van der Waals surface area (Å²) in [6.45, 7) is -1.03. The van der Waals surface area contributed by atoms with Gasteiger partial charge in [-0.1, -0.05) is 12.1 Å². The number of hydrogen-bond acceptors (Lipinski definition) is 6. The highest BCUT2D eigenvalue weighted by Crippen LogP contribution is 2.36. The molecule has 1 aliphatic heterocycles. The van der Waals surface area contributed by atoms with Crippen LogP contribution in [0.2, 0.25) is 0 Å². The lowest BCUT2D eigenvalue weighted by atomic mass is 9.94. The largest absolute Gasteiger partial charge is 0.493 e. The van der Waals surface area contributed by atoms with E-state index in [1.807, 2.05) is 17.5 Å². The fraction of sp³-hybridized carbons (Fsp3) is 0.333. The predicted octanol–water partition coefficient (Wildman–Crippen LogP) is 4.11. The fourth-order valence-electron chi connectivity index (χ4n) is 3.41. The summed E-state index contributed by atoms with van der Waals surface area (Å²) in [6.07, 6.45) is 0.621.